The van der Waals surface area contributed by atoms with Crippen molar-refractivity contribution in [2.24, 2.45) is 0 Å². The number of esters is 1. The van der Waals surface area contributed by atoms with Crippen molar-refractivity contribution >= 4 is 44.5 Å². The fourth-order valence-electron chi connectivity index (χ4n) is 2.08. The highest BCUT2D eigenvalue weighted by molar-refractivity contribution is 14.1. The molecule has 0 saturated carbocycles. The Kier molecular flexibility index (Phi) is 9.05. The molecule has 0 spiro atoms. The molecule has 194 valence electrons. The predicted molar refractivity (Wildman–Crippen MR) is 102 cm³/mol. The van der Waals surface area contributed by atoms with Crippen LogP contribution >= 0.6 is 38.5 Å². The van der Waals surface area contributed by atoms with Crippen molar-refractivity contribution in [1.29, 1.82) is 0 Å². The Balaban J connectivity index is 3.08. The van der Waals surface area contributed by atoms with E-state index in [1.165, 1.54) is 24.3 Å². The smallest absolute Gasteiger partial charge is 0.460 e. The number of carbonyl (C=O) groups excluding carboxylic acids is 1. The van der Waals surface area contributed by atoms with E-state index in [0.29, 0.717) is 4.47 Å². The van der Waals surface area contributed by atoms with Crippen molar-refractivity contribution < 1.29 is 66.6 Å². The van der Waals surface area contributed by atoms with Gasteiger partial charge in [0, 0.05) is 17.0 Å². The minimum Gasteiger partial charge on any atom is -0.462 e. The molecule has 0 saturated heterocycles. The number of allylic oxidation sites excluding steroid dienone is 1. The Labute approximate surface area is 203 Å². The van der Waals surface area contributed by atoms with Crippen molar-refractivity contribution in [3.05, 3.63) is 44.0 Å². The first-order chi connectivity index (χ1) is 15.0. The first-order valence-electron chi connectivity index (χ1n) is 8.28. The minimum absolute atomic E-state index is 0.0438. The Morgan fingerprint density at radius 3 is 1.82 bits per heavy atom. The lowest BCUT2D eigenvalue weighted by Crippen LogP contribution is -2.69. The van der Waals surface area contributed by atoms with Gasteiger partial charge in [-0.2, -0.15) is 57.1 Å². The highest BCUT2D eigenvalue weighted by Crippen LogP contribution is 2.60. The molecule has 0 radical (unpaired) electrons. The maximum Gasteiger partial charge on any atom is 0.460 e. The van der Waals surface area contributed by atoms with Crippen molar-refractivity contribution in [3.8, 4) is 0 Å². The molecule has 0 fully saturated rings. The quantitative estimate of drug-likeness (QED) is 0.148. The van der Waals surface area contributed by atoms with Gasteiger partial charge in [0.1, 0.15) is 0 Å². The SMILES string of the molecule is O=C(OCCC(I)=CC(F)(F)C(F)(F)C(F)(F)C(F)(F)C(F)(F)C(F)(F)F)c1cccc(Br)c1. The van der Waals surface area contributed by atoms with Crippen molar-refractivity contribution in [3.63, 3.8) is 0 Å². The lowest BCUT2D eigenvalue weighted by Gasteiger charge is -2.39. The summed E-state index contributed by atoms with van der Waals surface area (Å²) in [5.41, 5.74) is -0.0438. The second-order valence-electron chi connectivity index (χ2n) is 6.41. The molecule has 1 aromatic rings. The zero-order valence-corrected chi connectivity index (χ0v) is 19.5. The van der Waals surface area contributed by atoms with Crippen LogP contribution in [0.2, 0.25) is 0 Å². The van der Waals surface area contributed by atoms with E-state index in [0.717, 1.165) is 22.6 Å². The number of benzene rings is 1. The molecule has 0 aliphatic heterocycles. The van der Waals surface area contributed by atoms with E-state index in [1.807, 2.05) is 0 Å². The predicted octanol–water partition coefficient (Wildman–Crippen LogP) is 8.05. The van der Waals surface area contributed by atoms with Gasteiger partial charge in [-0.05, 0) is 44.4 Å². The average molecular weight is 699 g/mol. The number of carbonyl (C=O) groups is 1. The van der Waals surface area contributed by atoms with Gasteiger partial charge in [0.25, 0.3) is 0 Å². The number of rotatable bonds is 9. The van der Waals surface area contributed by atoms with Crippen LogP contribution in [0.1, 0.15) is 16.8 Å². The van der Waals surface area contributed by atoms with E-state index in [9.17, 15) is 61.9 Å². The first-order valence-corrected chi connectivity index (χ1v) is 10.2. The zero-order valence-electron chi connectivity index (χ0n) is 15.8. The highest BCUT2D eigenvalue weighted by Gasteiger charge is 2.90. The topological polar surface area (TPSA) is 26.3 Å². The van der Waals surface area contributed by atoms with Crippen LogP contribution in [0.3, 0.4) is 0 Å². The normalized spacial score (nSPS) is 14.9. The maximum absolute atomic E-state index is 13.8. The average Bonchev–Trinajstić information content (AvgIpc) is 2.65. The number of alkyl halides is 13. The van der Waals surface area contributed by atoms with Crippen LogP contribution in [0.4, 0.5) is 57.1 Å². The summed E-state index contributed by atoms with van der Waals surface area (Å²) in [6.07, 6.45) is -9.35. The van der Waals surface area contributed by atoms with Crippen LogP contribution in [0.5, 0.6) is 0 Å². The summed E-state index contributed by atoms with van der Waals surface area (Å²) in [7, 11) is 0. The van der Waals surface area contributed by atoms with Gasteiger partial charge in [-0.3, -0.25) is 0 Å². The monoisotopic (exact) mass is 698 g/mol. The molecule has 0 aliphatic carbocycles. The van der Waals surface area contributed by atoms with Gasteiger partial charge in [-0.15, -0.1) is 0 Å². The van der Waals surface area contributed by atoms with Gasteiger partial charge in [-0.25, -0.2) is 4.79 Å². The molecule has 0 unspecified atom stereocenters. The molecule has 0 N–H and O–H groups in total. The van der Waals surface area contributed by atoms with E-state index in [1.54, 1.807) is 0 Å². The second-order valence-corrected chi connectivity index (χ2v) is 8.71. The van der Waals surface area contributed by atoms with Crippen molar-refractivity contribution in [2.75, 3.05) is 6.61 Å². The molecule has 2 nitrogen and oxygen atoms in total. The molecule has 17 heteroatoms. The Bertz CT molecular complexity index is 928. The van der Waals surface area contributed by atoms with Gasteiger partial charge in [-0.1, -0.05) is 22.0 Å². The second kappa shape index (κ2) is 10.0. The third kappa shape index (κ3) is 5.75. The number of hydrogen-bond acceptors (Lipinski definition) is 2. The number of halogens is 15. The maximum atomic E-state index is 13.8. The molecule has 0 aliphatic rings. The molecular formula is C17H9BrF13IO2. The van der Waals surface area contributed by atoms with E-state index < -0.39 is 64.4 Å². The van der Waals surface area contributed by atoms with Crippen LogP contribution in [-0.2, 0) is 4.74 Å². The molecule has 0 heterocycles. The van der Waals surface area contributed by atoms with E-state index >= 15 is 0 Å². The Morgan fingerprint density at radius 2 is 1.35 bits per heavy atom. The van der Waals surface area contributed by atoms with Gasteiger partial charge < -0.3 is 4.74 Å². The number of hydrogen-bond donors (Lipinski definition) is 0. The summed E-state index contributed by atoms with van der Waals surface area (Å²) in [5, 5.41) is 0. The largest absolute Gasteiger partial charge is 0.462 e. The van der Waals surface area contributed by atoms with Gasteiger partial charge >= 0.3 is 41.8 Å². The molecule has 0 aromatic heterocycles. The standard InChI is InChI=1S/C17H9BrF13IO2/c18-9-3-1-2-8(6-9)11(33)34-5-4-10(32)7-12(19,20)13(21,22)14(23,24)15(25,26)16(27,28)17(29,30)31/h1-3,6-7H,4-5H2. The summed E-state index contributed by atoms with van der Waals surface area (Å²) >= 11 is 3.87. The van der Waals surface area contributed by atoms with Crippen LogP contribution in [-0.4, -0.2) is 48.4 Å². The lowest BCUT2D eigenvalue weighted by molar-refractivity contribution is -0.436. The lowest BCUT2D eigenvalue weighted by atomic mass is 9.93. The minimum atomic E-state index is -7.95. The van der Waals surface area contributed by atoms with Crippen LogP contribution in [0.25, 0.3) is 0 Å². The van der Waals surface area contributed by atoms with E-state index in [-0.39, 0.29) is 5.56 Å². The first kappa shape index (κ1) is 30.8. The van der Waals surface area contributed by atoms with Gasteiger partial charge in [0.15, 0.2) is 0 Å². The van der Waals surface area contributed by atoms with Gasteiger partial charge in [0.2, 0.25) is 0 Å². The van der Waals surface area contributed by atoms with Gasteiger partial charge in [0.05, 0.1) is 12.2 Å². The fraction of sp³-hybridized carbons (Fsp3) is 0.471. The molecule has 1 aromatic carbocycles. The fourth-order valence-corrected chi connectivity index (χ4v) is 3.09. The third-order valence-electron chi connectivity index (χ3n) is 3.93. The number of ether oxygens (including phenoxy) is 1. The summed E-state index contributed by atoms with van der Waals surface area (Å²) in [5.74, 6) is -38.3. The molecular weight excluding hydrogens is 690 g/mol. The van der Waals surface area contributed by atoms with Crippen LogP contribution < -0.4 is 0 Å². The van der Waals surface area contributed by atoms with Crippen molar-refractivity contribution in [1.82, 2.24) is 0 Å². The molecule has 1 rings (SSSR count). The third-order valence-corrected chi connectivity index (χ3v) is 5.27. The van der Waals surface area contributed by atoms with E-state index in [4.69, 9.17) is 0 Å². The summed E-state index contributed by atoms with van der Waals surface area (Å²) in [6, 6.07) is 5.47. The molecule has 0 amide bonds. The zero-order chi connectivity index (χ0) is 27.0. The van der Waals surface area contributed by atoms with Crippen LogP contribution in [0.15, 0.2) is 38.4 Å². The highest BCUT2D eigenvalue weighted by atomic mass is 127. The Hall–Kier alpha value is -1.27. The molecule has 0 atom stereocenters. The molecule has 34 heavy (non-hydrogen) atoms. The molecule has 0 bridgehead atoms. The summed E-state index contributed by atoms with van der Waals surface area (Å²) < 4.78 is 174. The Morgan fingerprint density at radius 1 is 0.853 bits per heavy atom. The summed E-state index contributed by atoms with van der Waals surface area (Å²) in [4.78, 5) is 11.8. The van der Waals surface area contributed by atoms with E-state index in [2.05, 4.69) is 20.7 Å². The summed E-state index contributed by atoms with van der Waals surface area (Å²) in [6.45, 7) is -0.805. The van der Waals surface area contributed by atoms with Crippen molar-refractivity contribution in [2.45, 2.75) is 42.2 Å². The van der Waals surface area contributed by atoms with Crippen LogP contribution in [0, 0.1) is 0 Å².